The molecule has 1 aromatic rings. The zero-order valence-electron chi connectivity index (χ0n) is 16.8. The van der Waals surface area contributed by atoms with Crippen LogP contribution in [0.25, 0.3) is 0 Å². The molecule has 2 saturated heterocycles. The van der Waals surface area contributed by atoms with Gasteiger partial charge < -0.3 is 19.7 Å². The molecule has 2 fully saturated rings. The number of rotatable bonds is 6. The van der Waals surface area contributed by atoms with E-state index in [4.69, 9.17) is 16.3 Å². The molecule has 10 heteroatoms. The Kier molecular flexibility index (Phi) is 7.85. The first-order chi connectivity index (χ1) is 14.3. The molecule has 2 amide bonds. The van der Waals surface area contributed by atoms with Crippen LogP contribution in [0.1, 0.15) is 19.8 Å². The second-order valence-corrected chi connectivity index (χ2v) is 7.84. The van der Waals surface area contributed by atoms with E-state index in [0.717, 1.165) is 0 Å². The van der Waals surface area contributed by atoms with Crippen LogP contribution in [0.4, 0.5) is 14.5 Å². The van der Waals surface area contributed by atoms with E-state index in [1.54, 1.807) is 6.92 Å². The average molecular weight is 446 g/mol. The minimum absolute atomic E-state index is 0.0109. The Balaban J connectivity index is 1.49. The number of hydrogen-bond acceptors (Lipinski definition) is 5. The van der Waals surface area contributed by atoms with E-state index in [1.165, 1.54) is 18.2 Å². The number of morpholine rings is 1. The monoisotopic (exact) mass is 445 g/mol. The quantitative estimate of drug-likeness (QED) is 0.729. The van der Waals surface area contributed by atoms with Crippen LogP contribution in [0, 0.1) is 5.92 Å². The first kappa shape index (κ1) is 22.7. The Bertz CT molecular complexity index is 754. The molecule has 0 aromatic heterocycles. The van der Waals surface area contributed by atoms with Crippen molar-refractivity contribution in [3.8, 4) is 5.75 Å². The Morgan fingerprint density at radius 1 is 1.20 bits per heavy atom. The smallest absolute Gasteiger partial charge is 0.387 e. The highest BCUT2D eigenvalue weighted by atomic mass is 35.5. The van der Waals surface area contributed by atoms with Gasteiger partial charge in [0.25, 0.3) is 0 Å². The van der Waals surface area contributed by atoms with Crippen molar-refractivity contribution in [2.24, 2.45) is 5.92 Å². The molecule has 0 spiro atoms. The van der Waals surface area contributed by atoms with E-state index in [2.05, 4.69) is 10.1 Å². The maximum Gasteiger partial charge on any atom is 0.387 e. The molecule has 1 unspecified atom stereocenters. The van der Waals surface area contributed by atoms with E-state index in [-0.39, 0.29) is 28.5 Å². The van der Waals surface area contributed by atoms with Crippen LogP contribution in [-0.2, 0) is 14.3 Å². The van der Waals surface area contributed by atoms with Crippen LogP contribution in [0.15, 0.2) is 18.2 Å². The molecule has 1 N–H and O–H groups in total. The lowest BCUT2D eigenvalue weighted by atomic mass is 9.94. The predicted molar refractivity (Wildman–Crippen MR) is 108 cm³/mol. The third-order valence-corrected chi connectivity index (χ3v) is 5.84. The van der Waals surface area contributed by atoms with Crippen molar-refractivity contribution >= 4 is 29.1 Å². The lowest BCUT2D eigenvalue weighted by molar-refractivity contribution is -0.141. The summed E-state index contributed by atoms with van der Waals surface area (Å²) in [4.78, 5) is 29.1. The number of halogens is 3. The molecular weight excluding hydrogens is 420 g/mol. The van der Waals surface area contributed by atoms with Crippen LogP contribution >= 0.6 is 11.6 Å². The maximum atomic E-state index is 12.6. The number of anilines is 1. The zero-order chi connectivity index (χ0) is 21.7. The Labute approximate surface area is 179 Å². The second kappa shape index (κ2) is 10.4. The van der Waals surface area contributed by atoms with Crippen molar-refractivity contribution in [3.05, 3.63) is 23.2 Å². The third kappa shape index (κ3) is 5.80. The summed E-state index contributed by atoms with van der Waals surface area (Å²) in [6, 6.07) is 3.72. The molecule has 2 aliphatic rings. The zero-order valence-corrected chi connectivity index (χ0v) is 17.5. The summed E-state index contributed by atoms with van der Waals surface area (Å²) >= 11 is 5.93. The van der Waals surface area contributed by atoms with Gasteiger partial charge >= 0.3 is 6.61 Å². The fourth-order valence-corrected chi connectivity index (χ4v) is 3.98. The average Bonchev–Trinajstić information content (AvgIpc) is 2.75. The fraction of sp³-hybridized carbons (Fsp3) is 0.600. The number of alkyl halides is 2. The maximum absolute atomic E-state index is 12.6. The van der Waals surface area contributed by atoms with Crippen molar-refractivity contribution in [3.63, 3.8) is 0 Å². The number of hydrogen-bond donors (Lipinski definition) is 1. The Morgan fingerprint density at radius 2 is 1.87 bits per heavy atom. The number of amides is 2. The summed E-state index contributed by atoms with van der Waals surface area (Å²) in [5.74, 6) is -0.220. The van der Waals surface area contributed by atoms with E-state index >= 15 is 0 Å². The molecule has 0 radical (unpaired) electrons. The van der Waals surface area contributed by atoms with Crippen molar-refractivity contribution in [2.45, 2.75) is 32.4 Å². The number of ether oxygens (including phenoxy) is 2. The highest BCUT2D eigenvalue weighted by Gasteiger charge is 2.32. The Morgan fingerprint density at radius 3 is 2.47 bits per heavy atom. The summed E-state index contributed by atoms with van der Waals surface area (Å²) in [5, 5.41) is 2.74. The first-order valence-corrected chi connectivity index (χ1v) is 10.4. The lowest BCUT2D eigenvalue weighted by Crippen LogP contribution is -2.50. The third-order valence-electron chi connectivity index (χ3n) is 5.54. The molecule has 166 valence electrons. The van der Waals surface area contributed by atoms with Crippen LogP contribution in [0.3, 0.4) is 0 Å². The van der Waals surface area contributed by atoms with Crippen molar-refractivity contribution < 1.29 is 27.8 Å². The summed E-state index contributed by atoms with van der Waals surface area (Å²) in [6.07, 6.45) is 1.42. The highest BCUT2D eigenvalue weighted by Crippen LogP contribution is 2.29. The lowest BCUT2D eigenvalue weighted by Gasteiger charge is -2.37. The van der Waals surface area contributed by atoms with Gasteiger partial charge in [0.2, 0.25) is 11.8 Å². The minimum atomic E-state index is -2.97. The molecule has 2 aliphatic heterocycles. The molecule has 1 aromatic carbocycles. The van der Waals surface area contributed by atoms with Gasteiger partial charge in [0.15, 0.2) is 0 Å². The highest BCUT2D eigenvalue weighted by molar-refractivity contribution is 6.32. The first-order valence-electron chi connectivity index (χ1n) is 10.0. The van der Waals surface area contributed by atoms with Crippen LogP contribution in [-0.4, -0.2) is 73.7 Å². The molecular formula is C20H26ClF2N3O4. The topological polar surface area (TPSA) is 71.1 Å². The number of likely N-dealkylation sites (tertiary alicyclic amines) is 1. The van der Waals surface area contributed by atoms with Gasteiger partial charge in [-0.1, -0.05) is 11.6 Å². The summed E-state index contributed by atoms with van der Waals surface area (Å²) in [7, 11) is 0. The molecule has 1 atom stereocenters. The molecule has 30 heavy (non-hydrogen) atoms. The van der Waals surface area contributed by atoms with Crippen LogP contribution in [0.2, 0.25) is 5.02 Å². The van der Waals surface area contributed by atoms with E-state index in [1.807, 2.05) is 9.80 Å². The normalized spacial score (nSPS) is 19.6. The summed E-state index contributed by atoms with van der Waals surface area (Å²) in [5.41, 5.74) is 0.399. The number of carbonyl (C=O) groups is 2. The number of benzene rings is 1. The number of carbonyl (C=O) groups excluding carboxylic acids is 2. The molecule has 0 aliphatic carbocycles. The fourth-order valence-electron chi connectivity index (χ4n) is 3.76. The number of nitrogens with zero attached hydrogens (tertiary/aromatic N) is 2. The second-order valence-electron chi connectivity index (χ2n) is 7.44. The number of nitrogens with one attached hydrogen (secondary N) is 1. The van der Waals surface area contributed by atoms with E-state index in [0.29, 0.717) is 57.9 Å². The van der Waals surface area contributed by atoms with Gasteiger partial charge in [-0.25, -0.2) is 0 Å². The van der Waals surface area contributed by atoms with Crippen molar-refractivity contribution in [2.75, 3.05) is 44.7 Å². The van der Waals surface area contributed by atoms with Gasteiger partial charge in [-0.2, -0.15) is 8.78 Å². The van der Waals surface area contributed by atoms with Gasteiger partial charge in [-0.05, 0) is 51.1 Å². The van der Waals surface area contributed by atoms with Gasteiger partial charge in [0.1, 0.15) is 5.75 Å². The largest absolute Gasteiger partial charge is 0.433 e. The number of piperidine rings is 1. The molecule has 2 heterocycles. The van der Waals surface area contributed by atoms with Gasteiger partial charge in [-0.15, -0.1) is 0 Å². The van der Waals surface area contributed by atoms with Gasteiger partial charge in [0, 0.05) is 24.7 Å². The van der Waals surface area contributed by atoms with E-state index in [9.17, 15) is 18.4 Å². The van der Waals surface area contributed by atoms with Crippen molar-refractivity contribution in [1.82, 2.24) is 9.80 Å². The minimum Gasteiger partial charge on any atom is -0.433 e. The van der Waals surface area contributed by atoms with E-state index < -0.39 is 12.7 Å². The Hall–Kier alpha value is -1.97. The predicted octanol–water partition coefficient (Wildman–Crippen LogP) is 2.84. The molecule has 7 nitrogen and oxygen atoms in total. The SMILES string of the molecule is CC(C(=O)Nc1ccc(OC(F)F)c(Cl)c1)N1CCC(C(=O)N2CCOCC2)CC1. The van der Waals surface area contributed by atoms with Crippen LogP contribution < -0.4 is 10.1 Å². The summed E-state index contributed by atoms with van der Waals surface area (Å²) < 4.78 is 34.2. The molecule has 0 saturated carbocycles. The summed E-state index contributed by atoms with van der Waals surface area (Å²) in [6.45, 7) is 2.58. The standard InChI is InChI=1S/C20H26ClF2N3O4/c1-13(18(27)24-15-2-3-17(16(21)12-15)30-20(22)23)25-6-4-14(5-7-25)19(28)26-8-10-29-11-9-26/h2-3,12-14,20H,4-11H2,1H3,(H,24,27). The van der Waals surface area contributed by atoms with Crippen molar-refractivity contribution in [1.29, 1.82) is 0 Å². The van der Waals surface area contributed by atoms with Crippen LogP contribution in [0.5, 0.6) is 5.75 Å². The molecule has 3 rings (SSSR count). The molecule has 0 bridgehead atoms. The van der Waals surface area contributed by atoms with Gasteiger partial charge in [0.05, 0.1) is 24.3 Å². The van der Waals surface area contributed by atoms with Gasteiger partial charge in [-0.3, -0.25) is 14.5 Å².